The average molecular weight is 576 g/mol. The SMILES string of the molecule is COc1ccc2nccc([C@@H](O)CC[C@@H]3CCN(CC#Cc4c(Cl)cc(Cl)cc4Cl)C[C@@H]3CC(=O)O)c2c1. The highest BCUT2D eigenvalue weighted by atomic mass is 35.5. The molecule has 1 saturated heterocycles. The molecule has 4 rings (SSSR count). The summed E-state index contributed by atoms with van der Waals surface area (Å²) in [5.74, 6) is 6.18. The number of fused-ring (bicyclic) bond motifs is 1. The first-order valence-electron chi connectivity index (χ1n) is 12.4. The van der Waals surface area contributed by atoms with Gasteiger partial charge >= 0.3 is 5.97 Å². The number of benzene rings is 2. The molecule has 0 bridgehead atoms. The fourth-order valence-electron chi connectivity index (χ4n) is 5.13. The van der Waals surface area contributed by atoms with Crippen molar-refractivity contribution in [1.29, 1.82) is 0 Å². The number of hydrogen-bond acceptors (Lipinski definition) is 5. The number of hydrogen-bond donors (Lipinski definition) is 2. The van der Waals surface area contributed by atoms with Crippen molar-refractivity contribution >= 4 is 51.7 Å². The van der Waals surface area contributed by atoms with Crippen molar-refractivity contribution in [2.45, 2.75) is 31.8 Å². The molecule has 2 aromatic carbocycles. The van der Waals surface area contributed by atoms with E-state index in [0.717, 1.165) is 35.9 Å². The normalized spacial score (nSPS) is 18.6. The summed E-state index contributed by atoms with van der Waals surface area (Å²) in [6.45, 7) is 1.90. The summed E-state index contributed by atoms with van der Waals surface area (Å²) in [5.41, 5.74) is 2.13. The van der Waals surface area contributed by atoms with E-state index in [-0.39, 0.29) is 18.3 Å². The van der Waals surface area contributed by atoms with Crippen LogP contribution in [0.5, 0.6) is 5.75 Å². The van der Waals surface area contributed by atoms with Crippen LogP contribution in [0, 0.1) is 23.7 Å². The van der Waals surface area contributed by atoms with Gasteiger partial charge in [-0.3, -0.25) is 14.7 Å². The van der Waals surface area contributed by atoms with E-state index in [1.807, 2.05) is 24.3 Å². The molecule has 3 aromatic rings. The zero-order chi connectivity index (χ0) is 27.2. The molecule has 0 spiro atoms. The van der Waals surface area contributed by atoms with Crippen LogP contribution in [0.25, 0.3) is 10.9 Å². The molecule has 38 heavy (non-hydrogen) atoms. The Labute approximate surface area is 237 Å². The summed E-state index contributed by atoms with van der Waals surface area (Å²) >= 11 is 18.4. The van der Waals surface area contributed by atoms with E-state index in [4.69, 9.17) is 39.5 Å². The fourth-order valence-corrected chi connectivity index (χ4v) is 6.04. The van der Waals surface area contributed by atoms with Crippen molar-refractivity contribution in [2.75, 3.05) is 26.7 Å². The monoisotopic (exact) mass is 574 g/mol. The maximum Gasteiger partial charge on any atom is 0.303 e. The Balaban J connectivity index is 1.40. The molecule has 0 aliphatic carbocycles. The van der Waals surface area contributed by atoms with Crippen molar-refractivity contribution in [3.63, 3.8) is 0 Å². The second-order valence-electron chi connectivity index (χ2n) is 9.56. The number of pyridine rings is 1. The molecule has 2 N–H and O–H groups in total. The van der Waals surface area contributed by atoms with Crippen LogP contribution in [0.15, 0.2) is 42.6 Å². The zero-order valence-electron chi connectivity index (χ0n) is 21.0. The molecule has 1 aliphatic rings. The Hall–Kier alpha value is -2.53. The van der Waals surface area contributed by atoms with Gasteiger partial charge in [0.15, 0.2) is 0 Å². The predicted molar refractivity (Wildman–Crippen MR) is 151 cm³/mol. The fraction of sp³-hybridized carbons (Fsp3) is 0.379. The molecule has 6 nitrogen and oxygen atoms in total. The third kappa shape index (κ3) is 7.11. The first kappa shape index (κ1) is 28.5. The van der Waals surface area contributed by atoms with Crippen LogP contribution in [0.2, 0.25) is 15.1 Å². The lowest BCUT2D eigenvalue weighted by Crippen LogP contribution is -2.41. The van der Waals surface area contributed by atoms with Gasteiger partial charge in [0.25, 0.3) is 0 Å². The third-order valence-electron chi connectivity index (χ3n) is 7.09. The number of carboxylic acids is 1. The first-order valence-corrected chi connectivity index (χ1v) is 13.6. The number of nitrogens with zero attached hydrogens (tertiary/aromatic N) is 2. The smallest absolute Gasteiger partial charge is 0.303 e. The lowest BCUT2D eigenvalue weighted by Gasteiger charge is -2.37. The van der Waals surface area contributed by atoms with Crippen LogP contribution in [0.4, 0.5) is 0 Å². The Bertz CT molecular complexity index is 1350. The van der Waals surface area contributed by atoms with Crippen molar-refractivity contribution in [2.24, 2.45) is 11.8 Å². The largest absolute Gasteiger partial charge is 0.497 e. The molecule has 0 amide bonds. The molecular weight excluding hydrogens is 547 g/mol. The van der Waals surface area contributed by atoms with Gasteiger partial charge in [0.05, 0.1) is 40.9 Å². The van der Waals surface area contributed by atoms with E-state index in [0.29, 0.717) is 45.9 Å². The van der Waals surface area contributed by atoms with Gasteiger partial charge in [0.1, 0.15) is 5.75 Å². The zero-order valence-corrected chi connectivity index (χ0v) is 23.2. The summed E-state index contributed by atoms with van der Waals surface area (Å²) in [5, 5.41) is 22.7. The van der Waals surface area contributed by atoms with Gasteiger partial charge in [-0.25, -0.2) is 0 Å². The van der Waals surface area contributed by atoms with E-state index in [1.54, 1.807) is 25.4 Å². The Morgan fingerprint density at radius 2 is 1.95 bits per heavy atom. The maximum absolute atomic E-state index is 11.6. The lowest BCUT2D eigenvalue weighted by atomic mass is 9.79. The molecule has 3 atom stereocenters. The highest BCUT2D eigenvalue weighted by Crippen LogP contribution is 2.35. The van der Waals surface area contributed by atoms with Gasteiger partial charge < -0.3 is 14.9 Å². The minimum absolute atomic E-state index is 0.0350. The van der Waals surface area contributed by atoms with Gasteiger partial charge in [-0.1, -0.05) is 46.6 Å². The maximum atomic E-state index is 11.6. The summed E-state index contributed by atoms with van der Waals surface area (Å²) < 4.78 is 5.34. The van der Waals surface area contributed by atoms with Gasteiger partial charge in [0.2, 0.25) is 0 Å². The van der Waals surface area contributed by atoms with Gasteiger partial charge in [0, 0.05) is 29.6 Å². The number of likely N-dealkylation sites (tertiary alicyclic amines) is 1. The van der Waals surface area contributed by atoms with Crippen molar-refractivity contribution in [3.8, 4) is 17.6 Å². The molecule has 0 saturated carbocycles. The van der Waals surface area contributed by atoms with E-state index in [9.17, 15) is 15.0 Å². The number of aliphatic hydroxyl groups is 1. The van der Waals surface area contributed by atoms with Gasteiger partial charge in [-0.15, -0.1) is 0 Å². The van der Waals surface area contributed by atoms with E-state index >= 15 is 0 Å². The number of ether oxygens (including phenoxy) is 1. The molecule has 200 valence electrons. The molecule has 0 radical (unpaired) electrons. The molecular formula is C29H29Cl3N2O4. The van der Waals surface area contributed by atoms with Crippen LogP contribution in [-0.2, 0) is 4.79 Å². The number of piperidine rings is 1. The van der Waals surface area contributed by atoms with Crippen LogP contribution < -0.4 is 4.74 Å². The summed E-state index contributed by atoms with van der Waals surface area (Å²) in [7, 11) is 1.61. The van der Waals surface area contributed by atoms with Crippen molar-refractivity contribution < 1.29 is 19.7 Å². The van der Waals surface area contributed by atoms with E-state index < -0.39 is 12.1 Å². The Kier molecular flexibility index (Phi) is 9.75. The number of halogens is 3. The number of rotatable bonds is 8. The minimum Gasteiger partial charge on any atom is -0.497 e. The lowest BCUT2D eigenvalue weighted by molar-refractivity contribution is -0.139. The van der Waals surface area contributed by atoms with Crippen molar-refractivity contribution in [1.82, 2.24) is 9.88 Å². The number of aliphatic hydroxyl groups excluding tert-OH is 1. The van der Waals surface area contributed by atoms with Gasteiger partial charge in [-0.05, 0) is 79.6 Å². The highest BCUT2D eigenvalue weighted by molar-refractivity contribution is 6.39. The standard InChI is InChI=1S/C29H29Cl3N2O4/c1-38-21-5-6-27-24(16-21)22(8-10-33-27)28(35)7-4-18-9-12-34(17-19(18)13-29(36)37)11-2-3-23-25(31)14-20(30)15-26(23)32/h5-6,8,10,14-16,18-19,28,35H,4,7,9,11-13,17H2,1H3,(H,36,37)/t18-,19+,28+/m1/s1. The number of carbonyl (C=O) groups is 1. The Morgan fingerprint density at radius 1 is 1.18 bits per heavy atom. The molecule has 1 aromatic heterocycles. The molecule has 9 heteroatoms. The summed E-state index contributed by atoms with van der Waals surface area (Å²) in [6, 6.07) is 10.7. The topological polar surface area (TPSA) is 82.9 Å². The number of carboxylic acid groups (broad SMARTS) is 1. The first-order chi connectivity index (χ1) is 18.2. The van der Waals surface area contributed by atoms with Crippen LogP contribution >= 0.6 is 34.8 Å². The van der Waals surface area contributed by atoms with Crippen LogP contribution in [-0.4, -0.2) is 52.8 Å². The highest BCUT2D eigenvalue weighted by Gasteiger charge is 2.31. The summed E-state index contributed by atoms with van der Waals surface area (Å²) in [6.07, 6.45) is 3.18. The quantitative estimate of drug-likeness (QED) is 0.299. The minimum atomic E-state index is -0.819. The second-order valence-corrected chi connectivity index (χ2v) is 10.8. The third-order valence-corrected chi connectivity index (χ3v) is 7.90. The van der Waals surface area contributed by atoms with Crippen LogP contribution in [0.3, 0.4) is 0 Å². The van der Waals surface area contributed by atoms with Crippen molar-refractivity contribution in [3.05, 3.63) is 68.8 Å². The average Bonchev–Trinajstić information content (AvgIpc) is 2.88. The predicted octanol–water partition coefficient (Wildman–Crippen LogP) is 6.48. The summed E-state index contributed by atoms with van der Waals surface area (Å²) in [4.78, 5) is 18.2. The number of aromatic nitrogens is 1. The van der Waals surface area contributed by atoms with Crippen LogP contribution in [0.1, 0.15) is 42.9 Å². The Morgan fingerprint density at radius 3 is 2.66 bits per heavy atom. The number of aliphatic carboxylic acids is 1. The molecule has 2 heterocycles. The molecule has 0 unspecified atom stereocenters. The second kappa shape index (κ2) is 13.0. The number of methoxy groups -OCH3 is 1. The van der Waals surface area contributed by atoms with E-state index in [2.05, 4.69) is 21.7 Å². The molecule has 1 fully saturated rings. The van der Waals surface area contributed by atoms with Gasteiger partial charge in [-0.2, -0.15) is 0 Å². The molecule has 1 aliphatic heterocycles. The van der Waals surface area contributed by atoms with E-state index in [1.165, 1.54) is 0 Å².